The maximum atomic E-state index is 12.3. The second-order valence-corrected chi connectivity index (χ2v) is 7.10. The van der Waals surface area contributed by atoms with Gasteiger partial charge in [0.15, 0.2) is 5.11 Å². The van der Waals surface area contributed by atoms with Gasteiger partial charge in [0.2, 0.25) is 5.91 Å². The van der Waals surface area contributed by atoms with Gasteiger partial charge in [0.05, 0.1) is 24.6 Å². The molecule has 1 heterocycles. The third-order valence-electron chi connectivity index (χ3n) is 4.41. The van der Waals surface area contributed by atoms with Crippen molar-refractivity contribution in [1.29, 1.82) is 5.26 Å². The first-order valence-corrected chi connectivity index (χ1v) is 9.52. The summed E-state index contributed by atoms with van der Waals surface area (Å²) >= 11 is 11.3. The maximum Gasteiger partial charge on any atom is 0.227 e. The summed E-state index contributed by atoms with van der Waals surface area (Å²) in [6, 6.07) is 13.0. The van der Waals surface area contributed by atoms with Gasteiger partial charge in [-0.05, 0) is 61.0 Å². The lowest BCUT2D eigenvalue weighted by Gasteiger charge is -2.22. The van der Waals surface area contributed by atoms with Gasteiger partial charge >= 0.3 is 0 Å². The van der Waals surface area contributed by atoms with Crippen molar-refractivity contribution in [3.8, 4) is 11.8 Å². The minimum Gasteiger partial charge on any atom is -0.494 e. The largest absolute Gasteiger partial charge is 0.494 e. The molecule has 0 atom stereocenters. The summed E-state index contributed by atoms with van der Waals surface area (Å²) in [7, 11) is 1.55. The smallest absolute Gasteiger partial charge is 0.227 e. The number of rotatable bonds is 4. The van der Waals surface area contributed by atoms with Gasteiger partial charge in [-0.15, -0.1) is 0 Å². The van der Waals surface area contributed by atoms with Gasteiger partial charge in [-0.25, -0.2) is 0 Å². The van der Waals surface area contributed by atoms with E-state index < -0.39 is 0 Å². The van der Waals surface area contributed by atoms with Gasteiger partial charge in [-0.3, -0.25) is 9.69 Å². The Hall–Kier alpha value is -2.82. The van der Waals surface area contributed by atoms with Crippen molar-refractivity contribution in [1.82, 2.24) is 0 Å². The number of thiocarbonyl (C=S) groups is 1. The predicted molar refractivity (Wildman–Crippen MR) is 115 cm³/mol. The van der Waals surface area contributed by atoms with E-state index in [1.807, 2.05) is 18.2 Å². The van der Waals surface area contributed by atoms with E-state index in [0.717, 1.165) is 24.1 Å². The number of fused-ring (bicyclic) bond motifs is 1. The fourth-order valence-electron chi connectivity index (χ4n) is 3.09. The molecule has 8 heteroatoms. The molecule has 2 aromatic rings. The van der Waals surface area contributed by atoms with Crippen molar-refractivity contribution >= 4 is 51.9 Å². The monoisotopic (exact) mass is 414 g/mol. The summed E-state index contributed by atoms with van der Waals surface area (Å²) in [5, 5.41) is 16.4. The lowest BCUT2D eigenvalue weighted by atomic mass is 10.1. The van der Waals surface area contributed by atoms with E-state index in [-0.39, 0.29) is 12.5 Å². The molecule has 0 fully saturated rings. The van der Waals surface area contributed by atoms with Crippen molar-refractivity contribution in [3.63, 3.8) is 0 Å². The summed E-state index contributed by atoms with van der Waals surface area (Å²) < 4.78 is 5.49. The van der Waals surface area contributed by atoms with Gasteiger partial charge in [0.1, 0.15) is 12.3 Å². The first kappa shape index (κ1) is 19.9. The molecule has 144 valence electrons. The normalized spacial score (nSPS) is 13.2. The number of nitriles is 1. The Morgan fingerprint density at radius 1 is 1.29 bits per heavy atom. The van der Waals surface area contributed by atoms with Crippen LogP contribution in [0.5, 0.6) is 5.75 Å². The molecule has 3 rings (SSSR count). The molecule has 0 radical (unpaired) electrons. The standard InChI is InChI=1S/C20H19ClN4O2S/c1-27-18-12-17-13(3-2-4-19(26)25(17)10-9-22)11-16(18)24-20(28)23-15-7-5-14(21)6-8-15/h5-8,11-12H,2-4,10H2,1H3,(H2,23,24,28). The number of hydrogen-bond acceptors (Lipinski definition) is 4. The van der Waals surface area contributed by atoms with Gasteiger partial charge < -0.3 is 15.4 Å². The molecule has 2 aromatic carbocycles. The molecule has 2 N–H and O–H groups in total. The molecule has 0 saturated heterocycles. The SMILES string of the molecule is COc1cc2c(cc1NC(=S)Nc1ccc(Cl)cc1)CCCC(=O)N2CC#N. The zero-order valence-corrected chi connectivity index (χ0v) is 16.9. The van der Waals surface area contributed by atoms with Gasteiger partial charge in [-0.1, -0.05) is 11.6 Å². The molecular weight excluding hydrogens is 396 g/mol. The Bertz CT molecular complexity index is 940. The van der Waals surface area contributed by atoms with Crippen molar-refractivity contribution < 1.29 is 9.53 Å². The van der Waals surface area contributed by atoms with E-state index >= 15 is 0 Å². The van der Waals surface area contributed by atoms with Gasteiger partial charge in [0.25, 0.3) is 0 Å². The van der Waals surface area contributed by atoms with Gasteiger partial charge in [-0.2, -0.15) is 5.26 Å². The topological polar surface area (TPSA) is 77.4 Å². The second kappa shape index (κ2) is 8.91. The fraction of sp³-hybridized carbons (Fsp3) is 0.250. The maximum absolute atomic E-state index is 12.3. The van der Waals surface area contributed by atoms with E-state index in [1.54, 1.807) is 25.3 Å². The molecule has 1 amide bonds. The van der Waals surface area contributed by atoms with Crippen LogP contribution in [0.3, 0.4) is 0 Å². The van der Waals surface area contributed by atoms with Crippen LogP contribution in [0, 0.1) is 11.3 Å². The number of methoxy groups -OCH3 is 1. The Morgan fingerprint density at radius 3 is 2.71 bits per heavy atom. The average Bonchev–Trinajstić information content (AvgIpc) is 2.82. The van der Waals surface area contributed by atoms with E-state index in [9.17, 15) is 4.79 Å². The molecule has 1 aliphatic heterocycles. The summed E-state index contributed by atoms with van der Waals surface area (Å²) in [6.07, 6.45) is 1.88. The van der Waals surface area contributed by atoms with E-state index in [0.29, 0.717) is 33.7 Å². The van der Waals surface area contributed by atoms with Crippen LogP contribution in [0.2, 0.25) is 5.02 Å². The number of amides is 1. The molecule has 0 bridgehead atoms. The average molecular weight is 415 g/mol. The van der Waals surface area contributed by atoms with Crippen LogP contribution in [0.4, 0.5) is 17.1 Å². The zero-order valence-electron chi connectivity index (χ0n) is 15.3. The van der Waals surface area contributed by atoms with Crippen LogP contribution >= 0.6 is 23.8 Å². The van der Waals surface area contributed by atoms with E-state index in [1.165, 1.54) is 4.90 Å². The summed E-state index contributed by atoms with van der Waals surface area (Å²) in [4.78, 5) is 13.8. The van der Waals surface area contributed by atoms with Crippen LogP contribution in [-0.4, -0.2) is 24.7 Å². The number of benzene rings is 2. The van der Waals surface area contributed by atoms with Crippen LogP contribution in [0.25, 0.3) is 0 Å². The highest BCUT2D eigenvalue weighted by Crippen LogP contribution is 2.36. The number of anilines is 3. The molecule has 1 aliphatic rings. The Kier molecular flexibility index (Phi) is 6.34. The van der Waals surface area contributed by atoms with Crippen LogP contribution in [0.1, 0.15) is 18.4 Å². The lowest BCUT2D eigenvalue weighted by Crippen LogP contribution is -2.30. The predicted octanol–water partition coefficient (Wildman–Crippen LogP) is 4.35. The number of nitrogens with zero attached hydrogens (tertiary/aromatic N) is 2. The molecule has 28 heavy (non-hydrogen) atoms. The van der Waals surface area contributed by atoms with Crippen molar-refractivity contribution in [3.05, 3.63) is 47.0 Å². The second-order valence-electron chi connectivity index (χ2n) is 6.26. The number of carbonyl (C=O) groups excluding carboxylic acids is 1. The number of halogens is 1. The van der Waals surface area contributed by atoms with Crippen LogP contribution in [0.15, 0.2) is 36.4 Å². The molecule has 6 nitrogen and oxygen atoms in total. The fourth-order valence-corrected chi connectivity index (χ4v) is 3.45. The van der Waals surface area contributed by atoms with Crippen molar-refractivity contribution in [2.45, 2.75) is 19.3 Å². The van der Waals surface area contributed by atoms with Crippen molar-refractivity contribution in [2.24, 2.45) is 0 Å². The number of aryl methyl sites for hydroxylation is 1. The number of ether oxygens (including phenoxy) is 1. The first-order chi connectivity index (χ1) is 13.5. The molecule has 0 aliphatic carbocycles. The highest BCUT2D eigenvalue weighted by molar-refractivity contribution is 7.80. The molecule has 0 aromatic heterocycles. The van der Waals surface area contributed by atoms with Gasteiger partial charge in [0, 0.05) is 23.2 Å². The third-order valence-corrected chi connectivity index (χ3v) is 4.86. The van der Waals surface area contributed by atoms with E-state index in [4.69, 9.17) is 33.8 Å². The molecule has 0 spiro atoms. The minimum absolute atomic E-state index is 0.0122. The highest BCUT2D eigenvalue weighted by atomic mass is 35.5. The Balaban J connectivity index is 1.86. The quantitative estimate of drug-likeness (QED) is 0.572. The minimum atomic E-state index is -0.0528. The number of carbonyl (C=O) groups is 1. The molecule has 0 unspecified atom stereocenters. The van der Waals surface area contributed by atoms with E-state index in [2.05, 4.69) is 16.7 Å². The summed E-state index contributed by atoms with van der Waals surface area (Å²) in [5.41, 5.74) is 3.18. The summed E-state index contributed by atoms with van der Waals surface area (Å²) in [6.45, 7) is 0.0122. The van der Waals surface area contributed by atoms with Crippen LogP contribution < -0.4 is 20.3 Å². The van der Waals surface area contributed by atoms with Crippen LogP contribution in [-0.2, 0) is 11.2 Å². The first-order valence-electron chi connectivity index (χ1n) is 8.73. The van der Waals surface area contributed by atoms with Crippen molar-refractivity contribution in [2.75, 3.05) is 29.2 Å². The summed E-state index contributed by atoms with van der Waals surface area (Å²) in [5.74, 6) is 0.486. The number of hydrogen-bond donors (Lipinski definition) is 2. The molecule has 0 saturated carbocycles. The molecular formula is C20H19ClN4O2S. The Labute approximate surface area is 174 Å². The third kappa shape index (κ3) is 4.53. The Morgan fingerprint density at radius 2 is 2.04 bits per heavy atom. The zero-order chi connectivity index (χ0) is 20.1. The highest BCUT2D eigenvalue weighted by Gasteiger charge is 2.24. The number of nitrogens with one attached hydrogen (secondary N) is 2. The lowest BCUT2D eigenvalue weighted by molar-refractivity contribution is -0.118.